The Kier molecular flexibility index (Phi) is 7.79. The van der Waals surface area contributed by atoms with E-state index in [-0.39, 0.29) is 0 Å². The quantitative estimate of drug-likeness (QED) is 0.456. The smallest absolute Gasteiger partial charge is 0.193 e. The molecule has 0 amide bonds. The second-order valence-electron chi connectivity index (χ2n) is 5.68. The van der Waals surface area contributed by atoms with Gasteiger partial charge in [-0.15, -0.1) is 0 Å². The normalized spacial score (nSPS) is 11.2. The van der Waals surface area contributed by atoms with Gasteiger partial charge in [-0.1, -0.05) is 48.5 Å². The van der Waals surface area contributed by atoms with E-state index in [4.69, 9.17) is 9.47 Å². The Hall–Kier alpha value is -2.53. The number of para-hydroxylation sites is 1. The van der Waals surface area contributed by atoms with Gasteiger partial charge in [-0.3, -0.25) is 4.99 Å². The molecular formula is C20H27N3O2. The highest BCUT2D eigenvalue weighted by molar-refractivity contribution is 5.79. The summed E-state index contributed by atoms with van der Waals surface area (Å²) in [6.07, 6.45) is 0. The number of nitrogens with zero attached hydrogens (tertiary/aromatic N) is 2. The summed E-state index contributed by atoms with van der Waals surface area (Å²) in [7, 11) is 5.48. The van der Waals surface area contributed by atoms with Crippen molar-refractivity contribution in [1.29, 1.82) is 0 Å². The predicted octanol–water partition coefficient (Wildman–Crippen LogP) is 2.92. The number of nitrogens with one attached hydrogen (secondary N) is 1. The fourth-order valence-corrected chi connectivity index (χ4v) is 2.55. The van der Waals surface area contributed by atoms with Crippen LogP contribution in [0.4, 0.5) is 0 Å². The third-order valence-corrected chi connectivity index (χ3v) is 3.81. The number of benzene rings is 2. The van der Waals surface area contributed by atoms with Crippen molar-refractivity contribution in [2.75, 3.05) is 34.4 Å². The van der Waals surface area contributed by atoms with Gasteiger partial charge in [-0.25, -0.2) is 0 Å². The molecule has 0 saturated carbocycles. The van der Waals surface area contributed by atoms with Crippen molar-refractivity contribution in [3.05, 3.63) is 65.7 Å². The highest BCUT2D eigenvalue weighted by atomic mass is 16.5. The van der Waals surface area contributed by atoms with Gasteiger partial charge in [0.05, 0.1) is 20.3 Å². The van der Waals surface area contributed by atoms with Crippen LogP contribution >= 0.6 is 0 Å². The first kappa shape index (κ1) is 18.8. The number of methoxy groups -OCH3 is 1. The topological polar surface area (TPSA) is 46.1 Å². The maximum absolute atomic E-state index is 5.69. The summed E-state index contributed by atoms with van der Waals surface area (Å²) < 4.78 is 11.1. The van der Waals surface area contributed by atoms with Crippen LogP contribution in [0.5, 0.6) is 5.75 Å². The molecule has 0 aromatic heterocycles. The van der Waals surface area contributed by atoms with Crippen LogP contribution in [-0.2, 0) is 17.9 Å². The van der Waals surface area contributed by atoms with Crippen molar-refractivity contribution in [2.45, 2.75) is 13.2 Å². The first-order valence-corrected chi connectivity index (χ1v) is 8.40. The van der Waals surface area contributed by atoms with Crippen LogP contribution in [0.25, 0.3) is 0 Å². The molecule has 0 spiro atoms. The predicted molar refractivity (Wildman–Crippen MR) is 102 cm³/mol. The molecule has 5 nitrogen and oxygen atoms in total. The summed E-state index contributed by atoms with van der Waals surface area (Å²) in [5.74, 6) is 1.71. The lowest BCUT2D eigenvalue weighted by Crippen LogP contribution is -2.40. The van der Waals surface area contributed by atoms with Crippen molar-refractivity contribution in [3.63, 3.8) is 0 Å². The fraction of sp³-hybridized carbons (Fsp3) is 0.350. The zero-order valence-electron chi connectivity index (χ0n) is 15.2. The molecule has 134 valence electrons. The minimum Gasteiger partial charge on any atom is -0.496 e. The van der Waals surface area contributed by atoms with E-state index >= 15 is 0 Å². The SMILES string of the molecule is CN=C(NCCOCc1ccccc1)N(C)Cc1ccccc1OC. The lowest BCUT2D eigenvalue weighted by Gasteiger charge is -2.23. The molecule has 0 aliphatic carbocycles. The molecule has 0 heterocycles. The molecule has 0 bridgehead atoms. The second-order valence-corrected chi connectivity index (χ2v) is 5.68. The third kappa shape index (κ3) is 6.12. The van der Waals surface area contributed by atoms with Crippen molar-refractivity contribution in [3.8, 4) is 5.75 Å². The Morgan fingerprint density at radius 2 is 1.80 bits per heavy atom. The highest BCUT2D eigenvalue weighted by Gasteiger charge is 2.09. The number of aliphatic imine (C=N–C) groups is 1. The van der Waals surface area contributed by atoms with Crippen LogP contribution in [0.15, 0.2) is 59.6 Å². The van der Waals surface area contributed by atoms with Gasteiger partial charge in [0, 0.05) is 32.7 Å². The van der Waals surface area contributed by atoms with Crippen LogP contribution in [0, 0.1) is 0 Å². The number of rotatable bonds is 8. The molecule has 2 aromatic carbocycles. The summed E-state index contributed by atoms with van der Waals surface area (Å²) in [4.78, 5) is 6.40. The molecule has 1 N–H and O–H groups in total. The summed E-state index contributed by atoms with van der Waals surface area (Å²) >= 11 is 0. The van der Waals surface area contributed by atoms with Gasteiger partial charge in [0.25, 0.3) is 0 Å². The largest absolute Gasteiger partial charge is 0.496 e. The van der Waals surface area contributed by atoms with E-state index in [1.54, 1.807) is 14.2 Å². The molecule has 5 heteroatoms. The molecule has 2 aromatic rings. The van der Waals surface area contributed by atoms with E-state index in [0.29, 0.717) is 26.3 Å². The Morgan fingerprint density at radius 1 is 1.08 bits per heavy atom. The second kappa shape index (κ2) is 10.4. The van der Waals surface area contributed by atoms with Crippen molar-refractivity contribution >= 4 is 5.96 Å². The highest BCUT2D eigenvalue weighted by Crippen LogP contribution is 2.18. The number of guanidine groups is 1. The lowest BCUT2D eigenvalue weighted by atomic mass is 10.2. The molecule has 2 rings (SSSR count). The number of ether oxygens (including phenoxy) is 2. The fourth-order valence-electron chi connectivity index (χ4n) is 2.55. The van der Waals surface area contributed by atoms with Crippen LogP contribution < -0.4 is 10.1 Å². The molecule has 25 heavy (non-hydrogen) atoms. The van der Waals surface area contributed by atoms with Gasteiger partial charge in [0.2, 0.25) is 0 Å². The van der Waals surface area contributed by atoms with Gasteiger partial charge >= 0.3 is 0 Å². The standard InChI is InChI=1S/C20H27N3O2/c1-21-20(22-13-14-25-16-17-9-5-4-6-10-17)23(2)15-18-11-7-8-12-19(18)24-3/h4-12H,13-16H2,1-3H3,(H,21,22). The molecule has 0 aliphatic rings. The average molecular weight is 341 g/mol. The van der Waals surface area contributed by atoms with Gasteiger partial charge in [0.15, 0.2) is 5.96 Å². The first-order chi connectivity index (χ1) is 12.2. The summed E-state index contributed by atoms with van der Waals surface area (Å²) in [5.41, 5.74) is 2.30. The molecule has 0 fully saturated rings. The zero-order chi connectivity index (χ0) is 17.9. The van der Waals surface area contributed by atoms with Crippen molar-refractivity contribution in [1.82, 2.24) is 10.2 Å². The van der Waals surface area contributed by atoms with Crippen molar-refractivity contribution < 1.29 is 9.47 Å². The summed E-state index contributed by atoms with van der Waals surface area (Å²) in [6, 6.07) is 18.2. The average Bonchev–Trinajstić information content (AvgIpc) is 2.66. The molecule has 0 unspecified atom stereocenters. The van der Waals surface area contributed by atoms with Crippen LogP contribution in [0.3, 0.4) is 0 Å². The summed E-state index contributed by atoms with van der Waals surface area (Å²) in [5, 5.41) is 3.32. The van der Waals surface area contributed by atoms with Gasteiger partial charge < -0.3 is 19.7 Å². The first-order valence-electron chi connectivity index (χ1n) is 8.40. The van der Waals surface area contributed by atoms with Crippen LogP contribution in [0.2, 0.25) is 0 Å². The Bertz CT molecular complexity index is 659. The lowest BCUT2D eigenvalue weighted by molar-refractivity contribution is 0.125. The molecular weight excluding hydrogens is 314 g/mol. The Balaban J connectivity index is 1.75. The third-order valence-electron chi connectivity index (χ3n) is 3.81. The Morgan fingerprint density at radius 3 is 2.52 bits per heavy atom. The number of hydrogen-bond acceptors (Lipinski definition) is 3. The maximum atomic E-state index is 5.69. The minimum absolute atomic E-state index is 0.621. The maximum Gasteiger partial charge on any atom is 0.193 e. The number of hydrogen-bond donors (Lipinski definition) is 1. The summed E-state index contributed by atoms with van der Waals surface area (Å²) in [6.45, 7) is 2.67. The van der Waals surface area contributed by atoms with Crippen LogP contribution in [-0.4, -0.2) is 45.2 Å². The molecule has 0 radical (unpaired) electrons. The minimum atomic E-state index is 0.621. The monoisotopic (exact) mass is 341 g/mol. The zero-order valence-corrected chi connectivity index (χ0v) is 15.2. The van der Waals surface area contributed by atoms with E-state index < -0.39 is 0 Å². The van der Waals surface area contributed by atoms with E-state index in [0.717, 1.165) is 17.3 Å². The van der Waals surface area contributed by atoms with E-state index in [9.17, 15) is 0 Å². The van der Waals surface area contributed by atoms with E-state index in [2.05, 4.69) is 33.4 Å². The van der Waals surface area contributed by atoms with E-state index in [1.165, 1.54) is 5.56 Å². The molecule has 0 saturated heterocycles. The van der Waals surface area contributed by atoms with Crippen molar-refractivity contribution in [2.24, 2.45) is 4.99 Å². The molecule has 0 atom stereocenters. The van der Waals surface area contributed by atoms with Gasteiger partial charge in [-0.2, -0.15) is 0 Å². The van der Waals surface area contributed by atoms with Gasteiger partial charge in [0.1, 0.15) is 5.75 Å². The van der Waals surface area contributed by atoms with Gasteiger partial charge in [-0.05, 0) is 11.6 Å². The van der Waals surface area contributed by atoms with E-state index in [1.807, 2.05) is 43.4 Å². The molecule has 0 aliphatic heterocycles. The van der Waals surface area contributed by atoms with Crippen LogP contribution in [0.1, 0.15) is 11.1 Å². The Labute approximate surface area is 150 Å².